The highest BCUT2D eigenvalue weighted by Crippen LogP contribution is 2.30. The summed E-state index contributed by atoms with van der Waals surface area (Å²) in [6.07, 6.45) is 0. The van der Waals surface area contributed by atoms with Gasteiger partial charge in [-0.2, -0.15) is 0 Å². The molecule has 0 spiro atoms. The summed E-state index contributed by atoms with van der Waals surface area (Å²) in [5.41, 5.74) is 2.55. The molecule has 0 aliphatic carbocycles. The van der Waals surface area contributed by atoms with Gasteiger partial charge < -0.3 is 20.7 Å². The molecule has 0 aromatic heterocycles. The number of carbonyl (C=O) groups is 2. The molecule has 0 fully saturated rings. The van der Waals surface area contributed by atoms with Crippen molar-refractivity contribution in [1.82, 2.24) is 5.32 Å². The summed E-state index contributed by atoms with van der Waals surface area (Å²) in [6.45, 7) is 4.48. The normalized spacial score (nSPS) is 15.1. The van der Waals surface area contributed by atoms with Crippen LogP contribution in [0.5, 0.6) is 5.75 Å². The van der Waals surface area contributed by atoms with Crippen LogP contribution in [0.15, 0.2) is 48.5 Å². The lowest BCUT2D eigenvalue weighted by Gasteiger charge is -2.21. The molecule has 1 aliphatic rings. The number of hydrogen-bond donors (Lipinski definition) is 3. The van der Waals surface area contributed by atoms with Crippen molar-refractivity contribution in [2.75, 3.05) is 23.8 Å². The van der Waals surface area contributed by atoms with Crippen LogP contribution in [0.2, 0.25) is 0 Å². The molecule has 0 unspecified atom stereocenters. The molecule has 26 heavy (non-hydrogen) atoms. The van der Waals surface area contributed by atoms with Crippen molar-refractivity contribution < 1.29 is 14.3 Å². The lowest BCUT2D eigenvalue weighted by atomic mass is 10.0. The molecular weight excluding hydrogens is 330 g/mol. The predicted octanol–water partition coefficient (Wildman–Crippen LogP) is 2.74. The number of benzene rings is 2. The van der Waals surface area contributed by atoms with Gasteiger partial charge in [0, 0.05) is 12.2 Å². The van der Waals surface area contributed by atoms with Crippen molar-refractivity contribution in [3.05, 3.63) is 54.1 Å². The molecule has 1 heterocycles. The first-order valence-corrected chi connectivity index (χ1v) is 8.69. The van der Waals surface area contributed by atoms with Crippen molar-refractivity contribution in [3.8, 4) is 5.75 Å². The van der Waals surface area contributed by atoms with E-state index in [1.54, 1.807) is 19.1 Å². The van der Waals surface area contributed by atoms with Gasteiger partial charge >= 0.3 is 0 Å². The number of rotatable bonds is 6. The van der Waals surface area contributed by atoms with E-state index in [-0.39, 0.29) is 24.3 Å². The van der Waals surface area contributed by atoms with Crippen LogP contribution >= 0.6 is 0 Å². The second-order valence-electron chi connectivity index (χ2n) is 6.47. The summed E-state index contributed by atoms with van der Waals surface area (Å²) in [5.74, 6) is 0.605. The molecule has 0 saturated heterocycles. The van der Waals surface area contributed by atoms with E-state index in [1.165, 1.54) is 5.56 Å². The summed E-state index contributed by atoms with van der Waals surface area (Å²) in [6, 6.07) is 15.1. The van der Waals surface area contributed by atoms with Gasteiger partial charge in [-0.3, -0.25) is 9.59 Å². The highest BCUT2D eigenvalue weighted by atomic mass is 16.5. The van der Waals surface area contributed by atoms with E-state index >= 15 is 0 Å². The van der Waals surface area contributed by atoms with E-state index in [0.29, 0.717) is 18.0 Å². The number of fused-ring (bicyclic) bond motifs is 1. The van der Waals surface area contributed by atoms with Gasteiger partial charge in [0.05, 0.1) is 5.69 Å². The molecule has 3 rings (SSSR count). The average Bonchev–Trinajstić information content (AvgIpc) is 2.66. The first-order chi connectivity index (χ1) is 12.5. The second kappa shape index (κ2) is 7.91. The maximum atomic E-state index is 12.4. The molecule has 6 heteroatoms. The summed E-state index contributed by atoms with van der Waals surface area (Å²) < 4.78 is 5.33. The third-order valence-electron chi connectivity index (χ3n) is 4.34. The fourth-order valence-electron chi connectivity index (χ4n) is 2.79. The number of nitrogens with one attached hydrogen (secondary N) is 3. The van der Waals surface area contributed by atoms with E-state index in [4.69, 9.17) is 4.74 Å². The van der Waals surface area contributed by atoms with Gasteiger partial charge in [0.1, 0.15) is 11.8 Å². The van der Waals surface area contributed by atoms with Gasteiger partial charge in [-0.05, 0) is 36.6 Å². The van der Waals surface area contributed by atoms with Crippen LogP contribution in [-0.4, -0.2) is 31.0 Å². The Labute approximate surface area is 152 Å². The fourth-order valence-corrected chi connectivity index (χ4v) is 2.79. The molecule has 2 amide bonds. The molecule has 0 bridgehead atoms. The van der Waals surface area contributed by atoms with Crippen molar-refractivity contribution in [1.29, 1.82) is 0 Å². The fraction of sp³-hybridized carbons (Fsp3) is 0.300. The van der Waals surface area contributed by atoms with Gasteiger partial charge in [0.25, 0.3) is 5.91 Å². The van der Waals surface area contributed by atoms with Crippen LogP contribution in [0.3, 0.4) is 0 Å². The van der Waals surface area contributed by atoms with Gasteiger partial charge in [0.2, 0.25) is 5.91 Å². The van der Waals surface area contributed by atoms with Gasteiger partial charge in [-0.25, -0.2) is 0 Å². The summed E-state index contributed by atoms with van der Waals surface area (Å²) in [5, 5.41) is 8.88. The van der Waals surface area contributed by atoms with Crippen LogP contribution in [0, 0.1) is 0 Å². The molecule has 1 aliphatic heterocycles. The van der Waals surface area contributed by atoms with Crippen molar-refractivity contribution in [2.45, 2.75) is 25.8 Å². The number of ether oxygens (including phenoxy) is 1. The van der Waals surface area contributed by atoms with Crippen LogP contribution in [-0.2, 0) is 9.59 Å². The smallest absolute Gasteiger partial charge is 0.262 e. The van der Waals surface area contributed by atoms with Crippen molar-refractivity contribution >= 4 is 23.2 Å². The van der Waals surface area contributed by atoms with E-state index in [9.17, 15) is 9.59 Å². The molecule has 0 radical (unpaired) electrons. The van der Waals surface area contributed by atoms with Crippen LogP contribution in [0.25, 0.3) is 0 Å². The SMILES string of the molecule is C[C@H](Nc1ccc2c(c1)NC(=O)CO2)C(=O)NC[C@@H](C)c1ccccc1. The maximum absolute atomic E-state index is 12.4. The lowest BCUT2D eigenvalue weighted by molar-refractivity contribution is -0.121. The molecule has 2 aromatic carbocycles. The zero-order valence-electron chi connectivity index (χ0n) is 14.9. The van der Waals surface area contributed by atoms with Crippen LogP contribution in [0.4, 0.5) is 11.4 Å². The molecule has 2 atom stereocenters. The number of hydrogen-bond acceptors (Lipinski definition) is 4. The Hall–Kier alpha value is -3.02. The highest BCUT2D eigenvalue weighted by molar-refractivity contribution is 5.96. The summed E-state index contributed by atoms with van der Waals surface area (Å²) >= 11 is 0. The number of carbonyl (C=O) groups excluding carboxylic acids is 2. The largest absolute Gasteiger partial charge is 0.482 e. The average molecular weight is 353 g/mol. The van der Waals surface area contributed by atoms with Gasteiger partial charge in [0.15, 0.2) is 6.61 Å². The van der Waals surface area contributed by atoms with Crippen LogP contribution in [0.1, 0.15) is 25.3 Å². The predicted molar refractivity (Wildman–Crippen MR) is 102 cm³/mol. The highest BCUT2D eigenvalue weighted by Gasteiger charge is 2.18. The Bertz CT molecular complexity index is 792. The van der Waals surface area contributed by atoms with E-state index in [2.05, 4.69) is 35.0 Å². The van der Waals surface area contributed by atoms with Crippen molar-refractivity contribution in [3.63, 3.8) is 0 Å². The standard InChI is InChI=1S/C20H23N3O3/c1-13(15-6-4-3-5-7-15)11-21-20(25)14(2)22-16-8-9-18-17(10-16)23-19(24)12-26-18/h3-10,13-14,22H,11-12H2,1-2H3,(H,21,25)(H,23,24)/t13-,14+/m1/s1. The first-order valence-electron chi connectivity index (χ1n) is 8.69. The van der Waals surface area contributed by atoms with E-state index in [0.717, 1.165) is 5.69 Å². The zero-order valence-corrected chi connectivity index (χ0v) is 14.9. The number of anilines is 2. The Balaban J connectivity index is 1.54. The maximum Gasteiger partial charge on any atom is 0.262 e. The van der Waals surface area contributed by atoms with Crippen LogP contribution < -0.4 is 20.7 Å². The molecule has 3 N–H and O–H groups in total. The minimum absolute atomic E-state index is 0.0260. The summed E-state index contributed by atoms with van der Waals surface area (Å²) in [4.78, 5) is 23.8. The Morgan fingerprint density at radius 1 is 1.19 bits per heavy atom. The quantitative estimate of drug-likeness (QED) is 0.746. The topological polar surface area (TPSA) is 79.5 Å². The Morgan fingerprint density at radius 2 is 1.96 bits per heavy atom. The molecule has 0 saturated carbocycles. The Morgan fingerprint density at radius 3 is 2.73 bits per heavy atom. The Kier molecular flexibility index (Phi) is 5.41. The molecular formula is C20H23N3O3. The third-order valence-corrected chi connectivity index (χ3v) is 4.34. The van der Waals surface area contributed by atoms with Crippen molar-refractivity contribution in [2.24, 2.45) is 0 Å². The third kappa shape index (κ3) is 4.33. The lowest BCUT2D eigenvalue weighted by Crippen LogP contribution is -2.39. The van der Waals surface area contributed by atoms with E-state index in [1.807, 2.05) is 24.3 Å². The van der Waals surface area contributed by atoms with E-state index < -0.39 is 6.04 Å². The summed E-state index contributed by atoms with van der Waals surface area (Å²) in [7, 11) is 0. The molecule has 6 nitrogen and oxygen atoms in total. The number of amides is 2. The monoisotopic (exact) mass is 353 g/mol. The zero-order chi connectivity index (χ0) is 18.5. The minimum atomic E-state index is -0.406. The molecule has 2 aromatic rings. The first kappa shape index (κ1) is 17.8. The second-order valence-corrected chi connectivity index (χ2v) is 6.47. The van der Waals surface area contributed by atoms with Gasteiger partial charge in [-0.15, -0.1) is 0 Å². The van der Waals surface area contributed by atoms with Gasteiger partial charge in [-0.1, -0.05) is 37.3 Å². The molecule has 136 valence electrons. The minimum Gasteiger partial charge on any atom is -0.482 e.